The minimum absolute atomic E-state index is 0.0171. The number of hydrogen-bond donors (Lipinski definition) is 3. The van der Waals surface area contributed by atoms with Crippen LogP contribution in [0.25, 0.3) is 16.6 Å². The molecule has 1 atom stereocenters. The Hall–Kier alpha value is -5.90. The summed E-state index contributed by atoms with van der Waals surface area (Å²) >= 11 is 0. The Morgan fingerprint density at radius 3 is 2.33 bits per heavy atom. The van der Waals surface area contributed by atoms with Gasteiger partial charge in [-0.3, -0.25) is 23.9 Å². The van der Waals surface area contributed by atoms with E-state index in [1.807, 2.05) is 4.72 Å². The maximum atomic E-state index is 15.0. The zero-order chi connectivity index (χ0) is 34.7. The number of aromatic nitrogens is 3. The number of carbonyl (C=O) groups is 2. The smallest absolute Gasteiger partial charge is 0.335 e. The van der Waals surface area contributed by atoms with E-state index in [2.05, 4.69) is 10.3 Å². The van der Waals surface area contributed by atoms with Crippen LogP contribution in [0.1, 0.15) is 22.8 Å². The number of aryl methyl sites for hydroxylation is 1. The van der Waals surface area contributed by atoms with Gasteiger partial charge in [-0.15, -0.1) is 0 Å². The zero-order valence-corrected chi connectivity index (χ0v) is 26.1. The number of fused-ring (bicyclic) bond motifs is 1. The molecule has 0 spiro atoms. The molecule has 248 valence electrons. The number of carbonyl (C=O) groups excluding carboxylic acids is 1. The molecule has 0 saturated heterocycles. The largest absolute Gasteiger partial charge is 0.492 e. The summed E-state index contributed by atoms with van der Waals surface area (Å²) in [6, 6.07) is 12.3. The van der Waals surface area contributed by atoms with Gasteiger partial charge in [0.05, 0.1) is 35.1 Å². The van der Waals surface area contributed by atoms with Gasteiger partial charge in [-0.1, -0.05) is 24.3 Å². The monoisotopic (exact) mass is 679 g/mol. The number of pyridine rings is 1. The summed E-state index contributed by atoms with van der Waals surface area (Å²) in [6.07, 6.45) is 2.47. The van der Waals surface area contributed by atoms with Crippen molar-refractivity contribution in [2.45, 2.75) is 24.3 Å². The van der Waals surface area contributed by atoms with E-state index < -0.39 is 62.1 Å². The third-order valence-electron chi connectivity index (χ3n) is 7.27. The first-order valence-electron chi connectivity index (χ1n) is 14.2. The number of anilines is 1. The molecular weight excluding hydrogens is 652 g/mol. The molecule has 2 aromatic heterocycles. The van der Waals surface area contributed by atoms with Crippen LogP contribution >= 0.6 is 0 Å². The lowest BCUT2D eigenvalue weighted by Crippen LogP contribution is -2.43. The molecule has 0 aliphatic heterocycles. The number of carboxylic acid groups (broad SMARTS) is 1. The summed E-state index contributed by atoms with van der Waals surface area (Å²) in [5, 5.41) is 12.1. The van der Waals surface area contributed by atoms with Crippen molar-refractivity contribution in [2.75, 3.05) is 11.3 Å². The van der Waals surface area contributed by atoms with Crippen LogP contribution in [0.15, 0.2) is 93.6 Å². The number of rotatable bonds is 11. The van der Waals surface area contributed by atoms with Gasteiger partial charge in [0.2, 0.25) is 0 Å². The van der Waals surface area contributed by atoms with Gasteiger partial charge >= 0.3 is 11.7 Å². The van der Waals surface area contributed by atoms with Crippen molar-refractivity contribution in [2.24, 2.45) is 7.05 Å². The summed E-state index contributed by atoms with van der Waals surface area (Å²) < 4.78 is 65.5. The highest BCUT2D eigenvalue weighted by atomic mass is 32.2. The van der Waals surface area contributed by atoms with Crippen molar-refractivity contribution in [1.82, 2.24) is 19.4 Å². The van der Waals surface area contributed by atoms with E-state index in [1.165, 1.54) is 72.5 Å². The second-order valence-corrected chi connectivity index (χ2v) is 12.1. The fourth-order valence-electron chi connectivity index (χ4n) is 4.98. The fraction of sp³-hybridized carbons (Fsp3) is 0.156. The minimum atomic E-state index is -4.36. The summed E-state index contributed by atoms with van der Waals surface area (Å²) in [4.78, 5) is 54.5. The lowest BCUT2D eigenvalue weighted by molar-refractivity contribution is -0.139. The van der Waals surface area contributed by atoms with Crippen molar-refractivity contribution in [3.63, 3.8) is 0 Å². The highest BCUT2D eigenvalue weighted by Gasteiger charge is 2.27. The minimum Gasteiger partial charge on any atom is -0.492 e. The molecule has 0 bridgehead atoms. The third-order valence-corrected chi connectivity index (χ3v) is 8.69. The van der Waals surface area contributed by atoms with E-state index in [0.29, 0.717) is 23.2 Å². The molecule has 0 aliphatic carbocycles. The van der Waals surface area contributed by atoms with Gasteiger partial charge in [-0.25, -0.2) is 31.4 Å². The normalized spacial score (nSPS) is 12.0. The van der Waals surface area contributed by atoms with Gasteiger partial charge in [0.15, 0.2) is 0 Å². The summed E-state index contributed by atoms with van der Waals surface area (Å²) in [7, 11) is -2.88. The van der Waals surface area contributed by atoms with Crippen LogP contribution in [0.2, 0.25) is 0 Å². The number of hydrogen-bond acceptors (Lipinski definition) is 8. The van der Waals surface area contributed by atoms with Crippen molar-refractivity contribution in [3.8, 4) is 11.4 Å². The van der Waals surface area contributed by atoms with E-state index >= 15 is 8.78 Å². The summed E-state index contributed by atoms with van der Waals surface area (Å²) in [5.74, 6) is -5.79. The Morgan fingerprint density at radius 2 is 1.69 bits per heavy atom. The maximum Gasteiger partial charge on any atom is 0.335 e. The van der Waals surface area contributed by atoms with Crippen LogP contribution in [0.3, 0.4) is 0 Å². The van der Waals surface area contributed by atoms with Crippen LogP contribution in [-0.4, -0.2) is 52.2 Å². The molecule has 2 heterocycles. The molecule has 0 aliphatic rings. The predicted octanol–water partition coefficient (Wildman–Crippen LogP) is 2.99. The Labute approximate surface area is 271 Å². The third kappa shape index (κ3) is 6.64. The number of carboxylic acids is 1. The van der Waals surface area contributed by atoms with Crippen LogP contribution in [-0.2, 0) is 28.3 Å². The number of para-hydroxylation sites is 1. The number of nitrogens with zero attached hydrogens (tertiary/aromatic N) is 3. The Kier molecular flexibility index (Phi) is 9.38. The molecule has 0 unspecified atom stereocenters. The number of sulfonamides is 1. The molecule has 5 aromatic rings. The topological polar surface area (TPSA) is 179 Å². The first-order chi connectivity index (χ1) is 22.8. The predicted molar refractivity (Wildman–Crippen MR) is 170 cm³/mol. The van der Waals surface area contributed by atoms with Gasteiger partial charge in [0.25, 0.3) is 21.5 Å². The zero-order valence-electron chi connectivity index (χ0n) is 25.3. The Balaban J connectivity index is 1.34. The summed E-state index contributed by atoms with van der Waals surface area (Å²) in [6.45, 7) is 1.81. The molecule has 16 heteroatoms. The number of ether oxygens (including phenoxy) is 1. The fourth-order valence-corrected chi connectivity index (χ4v) is 6.16. The van der Waals surface area contributed by atoms with Gasteiger partial charge < -0.3 is 15.2 Å². The molecule has 3 N–H and O–H groups in total. The molecule has 0 fully saturated rings. The molecule has 13 nitrogen and oxygen atoms in total. The van der Waals surface area contributed by atoms with Crippen LogP contribution in [0.4, 0.5) is 14.5 Å². The highest BCUT2D eigenvalue weighted by Crippen LogP contribution is 2.27. The first-order valence-corrected chi connectivity index (χ1v) is 15.7. The average Bonchev–Trinajstić information content (AvgIpc) is 3.04. The number of nitrogens with one attached hydrogen (secondary N) is 2. The number of halogens is 2. The Morgan fingerprint density at radius 1 is 1.02 bits per heavy atom. The van der Waals surface area contributed by atoms with Gasteiger partial charge in [-0.05, 0) is 55.0 Å². The van der Waals surface area contributed by atoms with Crippen molar-refractivity contribution in [1.29, 1.82) is 0 Å². The molecular formula is C32H27F2N5O8S. The number of amides is 1. The molecule has 5 rings (SSSR count). The molecule has 48 heavy (non-hydrogen) atoms. The number of aliphatic carboxylic acids is 1. The van der Waals surface area contributed by atoms with Crippen molar-refractivity contribution in [3.05, 3.63) is 123 Å². The van der Waals surface area contributed by atoms with Gasteiger partial charge in [-0.2, -0.15) is 0 Å². The van der Waals surface area contributed by atoms with E-state index in [0.717, 1.165) is 4.57 Å². The van der Waals surface area contributed by atoms with Gasteiger partial charge in [0, 0.05) is 19.7 Å². The maximum absolute atomic E-state index is 15.0. The average molecular weight is 680 g/mol. The Bertz CT molecular complexity index is 2270. The number of benzene rings is 3. The van der Waals surface area contributed by atoms with Crippen LogP contribution in [0, 0.1) is 11.6 Å². The first kappa shape index (κ1) is 33.5. The summed E-state index contributed by atoms with van der Waals surface area (Å²) in [5.41, 5.74) is -2.00. The quantitative estimate of drug-likeness (QED) is 0.189. The van der Waals surface area contributed by atoms with Crippen molar-refractivity contribution >= 4 is 38.5 Å². The molecule has 0 saturated carbocycles. The SMILES string of the molecule is CCOc1ccccc1S(=O)(=O)Nc1cc(F)c(C(=O)N[C@@H](Cc2ccc(-n3c(=O)c4ccncc4n(C)c3=O)cc2)C(=O)O)c(F)c1. The standard InChI is InChI=1S/C32H27F2N5O8S/c1-3-47-26-6-4-5-7-27(26)48(45,46)37-19-15-22(33)28(23(34)16-19)29(40)36-24(31(42)43)14-18-8-10-20(11-9-18)39-30(41)21-12-13-35-17-25(21)38(2)32(39)44/h4-13,15-17,24,37H,3,14H2,1-2H3,(H,36,40)(H,42,43)/t24-/m0/s1. The highest BCUT2D eigenvalue weighted by molar-refractivity contribution is 7.92. The molecule has 0 radical (unpaired) electrons. The lowest BCUT2D eigenvalue weighted by atomic mass is 10.0. The molecule has 1 amide bonds. The second kappa shape index (κ2) is 13.4. The second-order valence-electron chi connectivity index (χ2n) is 10.4. The van der Waals surface area contributed by atoms with E-state index in [1.54, 1.807) is 13.0 Å². The lowest BCUT2D eigenvalue weighted by Gasteiger charge is -2.17. The van der Waals surface area contributed by atoms with E-state index in [-0.39, 0.29) is 34.7 Å². The van der Waals surface area contributed by atoms with E-state index in [4.69, 9.17) is 4.74 Å². The van der Waals surface area contributed by atoms with Crippen LogP contribution in [0.5, 0.6) is 5.75 Å². The van der Waals surface area contributed by atoms with Gasteiger partial charge in [0.1, 0.15) is 33.9 Å². The van der Waals surface area contributed by atoms with E-state index in [9.17, 15) is 32.7 Å². The van der Waals surface area contributed by atoms with Crippen LogP contribution < -0.4 is 26.0 Å². The van der Waals surface area contributed by atoms with Crippen molar-refractivity contribution < 1.29 is 36.6 Å². The molecule has 3 aromatic carbocycles.